The van der Waals surface area contributed by atoms with Crippen LogP contribution in [-0.4, -0.2) is 6.61 Å². The van der Waals surface area contributed by atoms with Crippen molar-refractivity contribution in [3.8, 4) is 5.75 Å². The Morgan fingerprint density at radius 2 is 1.83 bits per heavy atom. The third kappa shape index (κ3) is 2.29. The topological polar surface area (TPSA) is 9.23 Å². The van der Waals surface area contributed by atoms with E-state index in [-0.39, 0.29) is 0 Å². The fourth-order valence-corrected chi connectivity index (χ4v) is 1.33. The van der Waals surface area contributed by atoms with Crippen LogP contribution in [0.3, 0.4) is 0 Å². The molecule has 0 aromatic heterocycles. The van der Waals surface area contributed by atoms with Crippen LogP contribution in [0, 0.1) is 0 Å². The van der Waals surface area contributed by atoms with E-state index in [1.807, 2.05) is 6.92 Å². The van der Waals surface area contributed by atoms with Crippen molar-refractivity contribution in [3.05, 3.63) is 28.2 Å². The van der Waals surface area contributed by atoms with Crippen LogP contribution in [0.5, 0.6) is 5.75 Å². The van der Waals surface area contributed by atoms with E-state index in [1.165, 1.54) is 0 Å². The van der Waals surface area contributed by atoms with Crippen LogP contribution in [0.2, 0.25) is 10.0 Å². The Bertz CT molecular complexity index is 240. The molecule has 0 amide bonds. The van der Waals surface area contributed by atoms with Crippen LogP contribution in [-0.2, 0) is 0 Å². The molecule has 0 aliphatic rings. The average molecular weight is 205 g/mol. The second kappa shape index (κ2) is 4.58. The highest BCUT2D eigenvalue weighted by Gasteiger charge is 2.04. The summed E-state index contributed by atoms with van der Waals surface area (Å²) < 4.78 is 5.35. The molecule has 1 nitrogen and oxygen atoms in total. The SMILES string of the molecule is CCCOc1c(Cl)cccc1Cl. The molecule has 0 saturated carbocycles. The Morgan fingerprint density at radius 3 is 2.33 bits per heavy atom. The molecule has 0 aliphatic heterocycles. The lowest BCUT2D eigenvalue weighted by atomic mass is 10.3. The van der Waals surface area contributed by atoms with Crippen molar-refractivity contribution in [1.82, 2.24) is 0 Å². The van der Waals surface area contributed by atoms with Crippen LogP contribution in [0.4, 0.5) is 0 Å². The molecule has 66 valence electrons. The Balaban J connectivity index is 2.81. The third-order valence-electron chi connectivity index (χ3n) is 1.37. The van der Waals surface area contributed by atoms with Gasteiger partial charge in [0.25, 0.3) is 0 Å². The molecule has 1 rings (SSSR count). The van der Waals surface area contributed by atoms with Crippen molar-refractivity contribution in [1.29, 1.82) is 0 Å². The molecular formula is C9H10Cl2O. The summed E-state index contributed by atoms with van der Waals surface area (Å²) in [6.45, 7) is 2.67. The summed E-state index contributed by atoms with van der Waals surface area (Å²) in [5.74, 6) is 0.586. The molecule has 0 aliphatic carbocycles. The first kappa shape index (κ1) is 9.69. The fraction of sp³-hybridized carbons (Fsp3) is 0.333. The first-order valence-electron chi connectivity index (χ1n) is 3.82. The molecule has 0 fully saturated rings. The highest BCUT2D eigenvalue weighted by atomic mass is 35.5. The molecule has 1 aromatic carbocycles. The Morgan fingerprint density at radius 1 is 1.25 bits per heavy atom. The van der Waals surface area contributed by atoms with Gasteiger partial charge in [0, 0.05) is 0 Å². The molecule has 12 heavy (non-hydrogen) atoms. The summed E-state index contributed by atoms with van der Waals surface area (Å²) >= 11 is 11.7. The first-order chi connectivity index (χ1) is 5.75. The van der Waals surface area contributed by atoms with E-state index >= 15 is 0 Å². The van der Waals surface area contributed by atoms with Crippen LogP contribution >= 0.6 is 23.2 Å². The van der Waals surface area contributed by atoms with Crippen molar-refractivity contribution in [2.75, 3.05) is 6.61 Å². The van der Waals surface area contributed by atoms with Gasteiger partial charge in [-0.25, -0.2) is 0 Å². The van der Waals surface area contributed by atoms with Crippen molar-refractivity contribution in [2.45, 2.75) is 13.3 Å². The van der Waals surface area contributed by atoms with E-state index in [1.54, 1.807) is 18.2 Å². The summed E-state index contributed by atoms with van der Waals surface area (Å²) in [5, 5.41) is 1.13. The van der Waals surface area contributed by atoms with Gasteiger partial charge in [0.1, 0.15) is 0 Å². The van der Waals surface area contributed by atoms with Crippen molar-refractivity contribution >= 4 is 23.2 Å². The smallest absolute Gasteiger partial charge is 0.156 e. The number of hydrogen-bond donors (Lipinski definition) is 0. The highest BCUT2D eigenvalue weighted by molar-refractivity contribution is 6.37. The first-order valence-corrected chi connectivity index (χ1v) is 4.58. The normalized spacial score (nSPS) is 9.92. The van der Waals surface area contributed by atoms with E-state index in [9.17, 15) is 0 Å². The quantitative estimate of drug-likeness (QED) is 0.729. The molecular weight excluding hydrogens is 195 g/mol. The second-order valence-electron chi connectivity index (χ2n) is 2.40. The number of rotatable bonds is 3. The summed E-state index contributed by atoms with van der Waals surface area (Å²) in [7, 11) is 0. The van der Waals surface area contributed by atoms with Crippen LogP contribution in [0.15, 0.2) is 18.2 Å². The standard InChI is InChI=1S/C9H10Cl2O/c1-2-6-12-9-7(10)4-3-5-8(9)11/h3-5H,2,6H2,1H3. The maximum Gasteiger partial charge on any atom is 0.156 e. The molecule has 0 unspecified atom stereocenters. The zero-order valence-corrected chi connectivity index (χ0v) is 8.32. The molecule has 0 radical (unpaired) electrons. The zero-order valence-electron chi connectivity index (χ0n) is 6.81. The van der Waals surface area contributed by atoms with Crippen molar-refractivity contribution in [3.63, 3.8) is 0 Å². The van der Waals surface area contributed by atoms with Gasteiger partial charge in [-0.05, 0) is 18.6 Å². The van der Waals surface area contributed by atoms with Crippen molar-refractivity contribution < 1.29 is 4.74 Å². The molecule has 1 aromatic rings. The molecule has 0 saturated heterocycles. The van der Waals surface area contributed by atoms with Crippen molar-refractivity contribution in [2.24, 2.45) is 0 Å². The van der Waals surface area contributed by atoms with Gasteiger partial charge < -0.3 is 4.74 Å². The number of hydrogen-bond acceptors (Lipinski definition) is 1. The lowest BCUT2D eigenvalue weighted by Crippen LogP contribution is -1.95. The maximum absolute atomic E-state index is 5.86. The van der Waals surface area contributed by atoms with Crippen LogP contribution < -0.4 is 4.74 Å². The second-order valence-corrected chi connectivity index (χ2v) is 3.21. The maximum atomic E-state index is 5.86. The van der Waals surface area contributed by atoms with Gasteiger partial charge in [-0.1, -0.05) is 36.2 Å². The Kier molecular flexibility index (Phi) is 3.70. The molecule has 0 heterocycles. The largest absolute Gasteiger partial charge is 0.490 e. The number of para-hydroxylation sites is 1. The number of benzene rings is 1. The van der Waals surface area contributed by atoms with Gasteiger partial charge in [-0.2, -0.15) is 0 Å². The Labute approximate surface area is 82.2 Å². The molecule has 0 bridgehead atoms. The van der Waals surface area contributed by atoms with Gasteiger partial charge in [0.05, 0.1) is 16.7 Å². The minimum Gasteiger partial charge on any atom is -0.490 e. The van der Waals surface area contributed by atoms with Gasteiger partial charge in [0.15, 0.2) is 5.75 Å². The van der Waals surface area contributed by atoms with E-state index in [0.29, 0.717) is 22.4 Å². The molecule has 0 N–H and O–H groups in total. The van der Waals surface area contributed by atoms with Gasteiger partial charge in [0.2, 0.25) is 0 Å². The number of ether oxygens (including phenoxy) is 1. The lowest BCUT2D eigenvalue weighted by Gasteiger charge is -2.07. The number of halogens is 2. The lowest BCUT2D eigenvalue weighted by molar-refractivity contribution is 0.318. The Hall–Kier alpha value is -0.400. The van der Waals surface area contributed by atoms with E-state index in [2.05, 4.69) is 0 Å². The molecule has 3 heteroatoms. The third-order valence-corrected chi connectivity index (χ3v) is 1.96. The molecule has 0 atom stereocenters. The minimum absolute atomic E-state index is 0.566. The summed E-state index contributed by atoms with van der Waals surface area (Å²) in [5.41, 5.74) is 0. The summed E-state index contributed by atoms with van der Waals surface area (Å²) in [6, 6.07) is 5.32. The predicted octanol–water partition coefficient (Wildman–Crippen LogP) is 3.78. The van der Waals surface area contributed by atoms with Crippen LogP contribution in [0.25, 0.3) is 0 Å². The van der Waals surface area contributed by atoms with Gasteiger partial charge in [-0.15, -0.1) is 0 Å². The summed E-state index contributed by atoms with van der Waals surface area (Å²) in [6.07, 6.45) is 0.946. The minimum atomic E-state index is 0.566. The van der Waals surface area contributed by atoms with E-state index in [0.717, 1.165) is 6.42 Å². The fourth-order valence-electron chi connectivity index (χ4n) is 0.825. The van der Waals surface area contributed by atoms with Crippen LogP contribution in [0.1, 0.15) is 13.3 Å². The highest BCUT2D eigenvalue weighted by Crippen LogP contribution is 2.32. The predicted molar refractivity (Wildman–Crippen MR) is 52.2 cm³/mol. The molecule has 0 spiro atoms. The monoisotopic (exact) mass is 204 g/mol. The van der Waals surface area contributed by atoms with E-state index in [4.69, 9.17) is 27.9 Å². The summed E-state index contributed by atoms with van der Waals surface area (Å²) in [4.78, 5) is 0. The average Bonchev–Trinajstić information content (AvgIpc) is 2.04. The zero-order chi connectivity index (χ0) is 8.97. The van der Waals surface area contributed by atoms with E-state index < -0.39 is 0 Å². The van der Waals surface area contributed by atoms with Gasteiger partial charge >= 0.3 is 0 Å². The van der Waals surface area contributed by atoms with Gasteiger partial charge in [-0.3, -0.25) is 0 Å².